The van der Waals surface area contributed by atoms with E-state index in [4.69, 9.17) is 11.5 Å². The molecule has 0 radical (unpaired) electrons. The number of anilines is 2. The zero-order valence-corrected chi connectivity index (χ0v) is 9.41. The summed E-state index contributed by atoms with van der Waals surface area (Å²) in [7, 11) is 0. The van der Waals surface area contributed by atoms with Crippen molar-refractivity contribution in [3.8, 4) is 0 Å². The summed E-state index contributed by atoms with van der Waals surface area (Å²) < 4.78 is 0.704. The van der Waals surface area contributed by atoms with Crippen LogP contribution in [0.1, 0.15) is 0 Å². The number of carbonyl (C=O) groups is 1. The van der Waals surface area contributed by atoms with Crippen LogP contribution in [-0.4, -0.2) is 29.1 Å². The highest BCUT2D eigenvalue weighted by atomic mass is 79.9. The monoisotopic (exact) mass is 274 g/mol. The highest BCUT2D eigenvalue weighted by Gasteiger charge is 2.01. The topological polar surface area (TPSA) is 119 Å². The Morgan fingerprint density at radius 1 is 1.53 bits per heavy atom. The van der Waals surface area contributed by atoms with E-state index in [2.05, 4.69) is 36.5 Å². The van der Waals surface area contributed by atoms with Gasteiger partial charge in [0, 0.05) is 19.3 Å². The molecule has 2 amide bonds. The molecule has 0 bridgehead atoms. The smallest absolute Gasteiger partial charge is 0.312 e. The summed E-state index contributed by atoms with van der Waals surface area (Å²) in [6, 6.07) is -0.557. The molecule has 1 aromatic heterocycles. The summed E-state index contributed by atoms with van der Waals surface area (Å²) >= 11 is 3.26. The van der Waals surface area contributed by atoms with E-state index >= 15 is 0 Å². The van der Waals surface area contributed by atoms with Crippen LogP contribution in [0, 0.1) is 0 Å². The summed E-state index contributed by atoms with van der Waals surface area (Å²) in [5.41, 5.74) is 10.3. The molecule has 0 fully saturated rings. The van der Waals surface area contributed by atoms with Gasteiger partial charge in [0.15, 0.2) is 0 Å². The Morgan fingerprint density at radius 3 is 2.93 bits per heavy atom. The van der Waals surface area contributed by atoms with Crippen molar-refractivity contribution in [1.82, 2.24) is 15.3 Å². The lowest BCUT2D eigenvalue weighted by Crippen LogP contribution is -2.33. The van der Waals surface area contributed by atoms with Gasteiger partial charge in [0.25, 0.3) is 0 Å². The molecule has 1 aromatic rings. The lowest BCUT2D eigenvalue weighted by Gasteiger charge is -2.07. The molecule has 0 aromatic carbocycles. The molecule has 1 heterocycles. The Balaban J connectivity index is 2.43. The summed E-state index contributed by atoms with van der Waals surface area (Å²) in [5.74, 6) is 0.761. The number of halogens is 1. The van der Waals surface area contributed by atoms with Crippen LogP contribution in [0.25, 0.3) is 0 Å². The van der Waals surface area contributed by atoms with Crippen LogP contribution in [0.5, 0.6) is 0 Å². The van der Waals surface area contributed by atoms with Gasteiger partial charge in [0.1, 0.15) is 5.82 Å². The Kier molecular flexibility index (Phi) is 4.10. The van der Waals surface area contributed by atoms with Gasteiger partial charge in [0.05, 0.1) is 4.47 Å². The number of urea groups is 1. The number of hydrogen-bond acceptors (Lipinski definition) is 5. The standard InChI is InChI=1S/C7H11BrN6O/c8-4-3-13-6(9)14-5(4)11-1-2-12-7(10)15/h3H,1-2H2,(H3,10,12,15)(H3,9,11,13,14). The number of aromatic nitrogens is 2. The van der Waals surface area contributed by atoms with Crippen LogP contribution in [0.3, 0.4) is 0 Å². The largest absolute Gasteiger partial charge is 0.368 e. The first-order chi connectivity index (χ1) is 7.09. The number of amides is 2. The van der Waals surface area contributed by atoms with Crippen molar-refractivity contribution in [2.75, 3.05) is 24.1 Å². The van der Waals surface area contributed by atoms with Gasteiger partial charge in [-0.3, -0.25) is 0 Å². The molecular formula is C7H11BrN6O. The minimum Gasteiger partial charge on any atom is -0.368 e. The Bertz CT molecular complexity index is 357. The van der Waals surface area contributed by atoms with E-state index in [-0.39, 0.29) is 5.95 Å². The maximum Gasteiger partial charge on any atom is 0.312 e. The number of primary amides is 1. The van der Waals surface area contributed by atoms with Crippen molar-refractivity contribution < 1.29 is 4.79 Å². The summed E-state index contributed by atoms with van der Waals surface area (Å²) in [4.78, 5) is 18.1. The minimum atomic E-state index is -0.557. The quantitative estimate of drug-likeness (QED) is 0.572. The number of rotatable bonds is 4. The lowest BCUT2D eigenvalue weighted by molar-refractivity contribution is 0.249. The molecule has 0 unspecified atom stereocenters. The fourth-order valence-corrected chi connectivity index (χ4v) is 1.20. The van der Waals surface area contributed by atoms with Gasteiger partial charge in [0.2, 0.25) is 5.95 Å². The second kappa shape index (κ2) is 5.35. The fraction of sp³-hybridized carbons (Fsp3) is 0.286. The maximum absolute atomic E-state index is 10.4. The third-order valence-corrected chi connectivity index (χ3v) is 2.06. The number of hydrogen-bond donors (Lipinski definition) is 4. The van der Waals surface area contributed by atoms with Gasteiger partial charge in [-0.05, 0) is 15.9 Å². The van der Waals surface area contributed by atoms with Crippen molar-refractivity contribution in [1.29, 1.82) is 0 Å². The molecule has 0 aliphatic carbocycles. The summed E-state index contributed by atoms with van der Waals surface area (Å²) in [6.45, 7) is 0.906. The van der Waals surface area contributed by atoms with Gasteiger partial charge in [-0.15, -0.1) is 0 Å². The fourth-order valence-electron chi connectivity index (χ4n) is 0.871. The molecule has 0 aliphatic rings. The third-order valence-electron chi connectivity index (χ3n) is 1.48. The van der Waals surface area contributed by atoms with Crippen LogP contribution in [0.15, 0.2) is 10.7 Å². The van der Waals surface area contributed by atoms with Gasteiger partial charge in [-0.1, -0.05) is 0 Å². The highest BCUT2D eigenvalue weighted by molar-refractivity contribution is 9.10. The van der Waals surface area contributed by atoms with E-state index in [1.54, 1.807) is 6.20 Å². The molecule has 0 spiro atoms. The van der Waals surface area contributed by atoms with E-state index in [1.807, 2.05) is 0 Å². The molecule has 0 aliphatic heterocycles. The van der Waals surface area contributed by atoms with Crippen LogP contribution >= 0.6 is 15.9 Å². The molecule has 0 saturated heterocycles. The lowest BCUT2D eigenvalue weighted by atomic mass is 10.5. The second-order valence-electron chi connectivity index (χ2n) is 2.64. The second-order valence-corrected chi connectivity index (χ2v) is 3.50. The summed E-state index contributed by atoms with van der Waals surface area (Å²) in [5, 5.41) is 5.40. The van der Waals surface area contributed by atoms with E-state index in [0.29, 0.717) is 23.4 Å². The zero-order valence-electron chi connectivity index (χ0n) is 7.83. The van der Waals surface area contributed by atoms with Crippen molar-refractivity contribution in [2.45, 2.75) is 0 Å². The first-order valence-corrected chi connectivity index (χ1v) is 4.94. The van der Waals surface area contributed by atoms with Gasteiger partial charge >= 0.3 is 6.03 Å². The number of nitrogen functional groups attached to an aromatic ring is 1. The molecule has 0 saturated carbocycles. The van der Waals surface area contributed by atoms with Crippen LogP contribution in [-0.2, 0) is 0 Å². The normalized spacial score (nSPS) is 9.67. The van der Waals surface area contributed by atoms with E-state index in [1.165, 1.54) is 0 Å². The van der Waals surface area contributed by atoms with E-state index in [9.17, 15) is 4.79 Å². The van der Waals surface area contributed by atoms with Crippen molar-refractivity contribution >= 4 is 33.7 Å². The van der Waals surface area contributed by atoms with Gasteiger partial charge in [-0.2, -0.15) is 4.98 Å². The van der Waals surface area contributed by atoms with Crippen LogP contribution < -0.4 is 22.1 Å². The molecule has 82 valence electrons. The number of nitrogens with one attached hydrogen (secondary N) is 2. The predicted molar refractivity (Wildman–Crippen MR) is 60.2 cm³/mol. The number of nitrogens with two attached hydrogens (primary N) is 2. The van der Waals surface area contributed by atoms with Crippen LogP contribution in [0.2, 0.25) is 0 Å². The minimum absolute atomic E-state index is 0.184. The van der Waals surface area contributed by atoms with Crippen molar-refractivity contribution in [3.63, 3.8) is 0 Å². The number of nitrogens with zero attached hydrogens (tertiary/aromatic N) is 2. The molecule has 15 heavy (non-hydrogen) atoms. The SMILES string of the molecule is NC(=O)NCCNc1nc(N)ncc1Br. The van der Waals surface area contributed by atoms with E-state index in [0.717, 1.165) is 0 Å². The Hall–Kier alpha value is -1.57. The maximum atomic E-state index is 10.4. The highest BCUT2D eigenvalue weighted by Crippen LogP contribution is 2.18. The van der Waals surface area contributed by atoms with Crippen LogP contribution in [0.4, 0.5) is 16.6 Å². The third kappa shape index (κ3) is 3.98. The molecular weight excluding hydrogens is 264 g/mol. The molecule has 7 nitrogen and oxygen atoms in total. The first-order valence-electron chi connectivity index (χ1n) is 4.15. The summed E-state index contributed by atoms with van der Waals surface area (Å²) in [6.07, 6.45) is 1.55. The zero-order chi connectivity index (χ0) is 11.3. The molecule has 8 heteroatoms. The van der Waals surface area contributed by atoms with E-state index < -0.39 is 6.03 Å². The predicted octanol–water partition coefficient (Wildman–Crippen LogP) is -0.0985. The van der Waals surface area contributed by atoms with Gasteiger partial charge < -0.3 is 22.1 Å². The Labute approximate surface area is 94.8 Å². The average molecular weight is 275 g/mol. The molecule has 1 rings (SSSR count). The average Bonchev–Trinajstić information content (AvgIpc) is 2.17. The number of carbonyl (C=O) groups excluding carboxylic acids is 1. The van der Waals surface area contributed by atoms with Crippen molar-refractivity contribution in [3.05, 3.63) is 10.7 Å². The Morgan fingerprint density at radius 2 is 2.27 bits per heavy atom. The molecule has 0 atom stereocenters. The molecule has 6 N–H and O–H groups in total. The first kappa shape index (κ1) is 11.5. The van der Waals surface area contributed by atoms with Gasteiger partial charge in [-0.25, -0.2) is 9.78 Å². The van der Waals surface area contributed by atoms with Crippen molar-refractivity contribution in [2.24, 2.45) is 5.73 Å².